The predicted molar refractivity (Wildman–Crippen MR) is 70.5 cm³/mol. The van der Waals surface area contributed by atoms with Crippen molar-refractivity contribution in [3.63, 3.8) is 0 Å². The summed E-state index contributed by atoms with van der Waals surface area (Å²) in [5.41, 5.74) is 7.32. The highest BCUT2D eigenvalue weighted by Gasteiger charge is 2.31. The quantitative estimate of drug-likeness (QED) is 0.772. The maximum atomic E-state index is 12.2. The van der Waals surface area contributed by atoms with Crippen molar-refractivity contribution in [3.05, 3.63) is 11.4 Å². The van der Waals surface area contributed by atoms with Crippen LogP contribution < -0.4 is 11.1 Å². The first-order valence-corrected chi connectivity index (χ1v) is 6.32. The molecule has 0 spiro atoms. The predicted octanol–water partition coefficient (Wildman–Crippen LogP) is -0.475. The van der Waals surface area contributed by atoms with E-state index in [1.165, 1.54) is 4.68 Å². The third-order valence-electron chi connectivity index (χ3n) is 3.44. The summed E-state index contributed by atoms with van der Waals surface area (Å²) < 4.78 is 1.46. The molecule has 3 N–H and O–H groups in total. The first-order valence-electron chi connectivity index (χ1n) is 6.32. The Morgan fingerprint density at radius 2 is 2.21 bits per heavy atom. The molecule has 0 aromatic carbocycles. The molecule has 0 bridgehead atoms. The number of nitrogens with two attached hydrogens (primary N) is 1. The normalized spacial score (nSPS) is 19.0. The van der Waals surface area contributed by atoms with Crippen LogP contribution in [0.3, 0.4) is 0 Å². The van der Waals surface area contributed by atoms with Crippen LogP contribution in [0, 0.1) is 0 Å². The smallest absolute Gasteiger partial charge is 0.272 e. The van der Waals surface area contributed by atoms with Gasteiger partial charge in [0.1, 0.15) is 11.7 Å². The van der Waals surface area contributed by atoms with Crippen LogP contribution >= 0.6 is 0 Å². The van der Waals surface area contributed by atoms with Crippen LogP contribution in [0.25, 0.3) is 0 Å². The zero-order valence-electron chi connectivity index (χ0n) is 11.4. The molecule has 2 rings (SSSR count). The Labute approximate surface area is 111 Å². The van der Waals surface area contributed by atoms with E-state index in [9.17, 15) is 9.59 Å². The summed E-state index contributed by atoms with van der Waals surface area (Å²) in [5.74, 6) is -0.411. The highest BCUT2D eigenvalue weighted by Crippen LogP contribution is 2.18. The van der Waals surface area contributed by atoms with Gasteiger partial charge < -0.3 is 16.0 Å². The molecule has 7 heteroatoms. The highest BCUT2D eigenvalue weighted by molar-refractivity contribution is 6.00. The fraction of sp³-hybridized carbons (Fsp3) is 0.583. The number of hydrogen-bond acceptors (Lipinski definition) is 4. The van der Waals surface area contributed by atoms with Crippen molar-refractivity contribution < 1.29 is 9.59 Å². The lowest BCUT2D eigenvalue weighted by molar-refractivity contribution is -0.128. The SMILES string of the molecule is CCc1nn(C)c(C(=O)NC2CCN(C)C2=O)c1N. The minimum Gasteiger partial charge on any atom is -0.395 e. The molecule has 1 saturated heterocycles. The monoisotopic (exact) mass is 265 g/mol. The van der Waals surface area contributed by atoms with Gasteiger partial charge in [0.2, 0.25) is 5.91 Å². The van der Waals surface area contributed by atoms with Crippen LogP contribution in [0.15, 0.2) is 0 Å². The van der Waals surface area contributed by atoms with Crippen LogP contribution in [0.1, 0.15) is 29.5 Å². The first kappa shape index (κ1) is 13.4. The van der Waals surface area contributed by atoms with E-state index in [1.54, 1.807) is 19.0 Å². The van der Waals surface area contributed by atoms with Gasteiger partial charge in [0, 0.05) is 20.6 Å². The van der Waals surface area contributed by atoms with Crippen LogP contribution in [0.5, 0.6) is 0 Å². The molecule has 104 valence electrons. The number of likely N-dealkylation sites (N-methyl/N-ethyl adjacent to an activating group) is 1. The number of carbonyl (C=O) groups is 2. The molecule has 2 heterocycles. The molecule has 1 aromatic heterocycles. The van der Waals surface area contributed by atoms with Crippen molar-refractivity contribution in [3.8, 4) is 0 Å². The van der Waals surface area contributed by atoms with Gasteiger partial charge in [0.15, 0.2) is 0 Å². The number of aromatic nitrogens is 2. The van der Waals surface area contributed by atoms with Crippen molar-refractivity contribution in [1.82, 2.24) is 20.0 Å². The van der Waals surface area contributed by atoms with E-state index < -0.39 is 6.04 Å². The highest BCUT2D eigenvalue weighted by atomic mass is 16.2. The Morgan fingerprint density at radius 1 is 1.53 bits per heavy atom. The molecule has 0 aliphatic carbocycles. The van der Waals surface area contributed by atoms with E-state index in [1.807, 2.05) is 6.92 Å². The van der Waals surface area contributed by atoms with E-state index in [-0.39, 0.29) is 11.8 Å². The second kappa shape index (κ2) is 4.91. The van der Waals surface area contributed by atoms with Gasteiger partial charge in [-0.1, -0.05) is 6.92 Å². The van der Waals surface area contributed by atoms with Gasteiger partial charge in [-0.2, -0.15) is 5.10 Å². The second-order valence-corrected chi connectivity index (χ2v) is 4.76. The molecular weight excluding hydrogens is 246 g/mol. The standard InChI is InChI=1S/C12H19N5O2/c1-4-7-9(13)10(17(3)15-7)11(18)14-8-5-6-16(2)12(8)19/h8H,4-6,13H2,1-3H3,(H,14,18). The summed E-state index contributed by atoms with van der Waals surface area (Å²) in [4.78, 5) is 25.6. The Bertz CT molecular complexity index is 522. The Morgan fingerprint density at radius 3 is 2.68 bits per heavy atom. The van der Waals surface area contributed by atoms with Crippen LogP contribution in [0.4, 0.5) is 5.69 Å². The molecule has 7 nitrogen and oxygen atoms in total. The largest absolute Gasteiger partial charge is 0.395 e. The average molecular weight is 265 g/mol. The number of anilines is 1. The molecule has 0 saturated carbocycles. The topological polar surface area (TPSA) is 93.2 Å². The first-order chi connectivity index (χ1) is 8.95. The minimum atomic E-state index is -0.461. The molecule has 1 aliphatic heterocycles. The van der Waals surface area contributed by atoms with E-state index in [2.05, 4.69) is 10.4 Å². The number of nitrogens with one attached hydrogen (secondary N) is 1. The van der Waals surface area contributed by atoms with E-state index in [0.29, 0.717) is 36.5 Å². The van der Waals surface area contributed by atoms with Crippen molar-refractivity contribution in [1.29, 1.82) is 0 Å². The van der Waals surface area contributed by atoms with Crippen molar-refractivity contribution in [2.45, 2.75) is 25.8 Å². The van der Waals surface area contributed by atoms with Gasteiger partial charge in [0.25, 0.3) is 5.91 Å². The average Bonchev–Trinajstić information content (AvgIpc) is 2.83. The Kier molecular flexibility index (Phi) is 3.46. The summed E-state index contributed by atoms with van der Waals surface area (Å²) in [7, 11) is 3.40. The number of nitrogens with zero attached hydrogens (tertiary/aromatic N) is 3. The fourth-order valence-electron chi connectivity index (χ4n) is 2.31. The molecule has 19 heavy (non-hydrogen) atoms. The Hall–Kier alpha value is -2.05. The number of rotatable bonds is 3. The maximum absolute atomic E-state index is 12.2. The molecule has 1 aromatic rings. The van der Waals surface area contributed by atoms with Crippen molar-refractivity contribution >= 4 is 17.5 Å². The van der Waals surface area contributed by atoms with Gasteiger partial charge >= 0.3 is 0 Å². The zero-order valence-corrected chi connectivity index (χ0v) is 11.4. The third-order valence-corrected chi connectivity index (χ3v) is 3.44. The van der Waals surface area contributed by atoms with Crippen LogP contribution in [0.2, 0.25) is 0 Å². The van der Waals surface area contributed by atoms with Gasteiger partial charge in [-0.15, -0.1) is 0 Å². The second-order valence-electron chi connectivity index (χ2n) is 4.76. The summed E-state index contributed by atoms with van der Waals surface area (Å²) in [5, 5.41) is 6.92. The fourth-order valence-corrected chi connectivity index (χ4v) is 2.31. The van der Waals surface area contributed by atoms with Crippen molar-refractivity contribution in [2.24, 2.45) is 7.05 Å². The van der Waals surface area contributed by atoms with Gasteiger partial charge in [0.05, 0.1) is 11.4 Å². The molecule has 1 aliphatic rings. The zero-order chi connectivity index (χ0) is 14.2. The number of aryl methyl sites for hydroxylation is 2. The molecule has 1 fully saturated rings. The lowest BCUT2D eigenvalue weighted by Gasteiger charge is -2.12. The molecular formula is C12H19N5O2. The minimum absolute atomic E-state index is 0.0650. The summed E-state index contributed by atoms with van der Waals surface area (Å²) in [6.45, 7) is 2.58. The number of hydrogen-bond donors (Lipinski definition) is 2. The van der Waals surface area contributed by atoms with Crippen molar-refractivity contribution in [2.75, 3.05) is 19.3 Å². The lowest BCUT2D eigenvalue weighted by Crippen LogP contribution is -2.41. The summed E-state index contributed by atoms with van der Waals surface area (Å²) in [6.07, 6.45) is 1.29. The van der Waals surface area contributed by atoms with E-state index >= 15 is 0 Å². The van der Waals surface area contributed by atoms with Gasteiger partial charge in [-0.05, 0) is 12.8 Å². The molecule has 1 unspecified atom stereocenters. The number of likely N-dealkylation sites (tertiary alicyclic amines) is 1. The molecule has 0 radical (unpaired) electrons. The van der Waals surface area contributed by atoms with E-state index in [4.69, 9.17) is 5.73 Å². The molecule has 1 atom stereocenters. The molecule has 2 amide bonds. The van der Waals surface area contributed by atoms with E-state index in [0.717, 1.165) is 0 Å². The van der Waals surface area contributed by atoms with Crippen LogP contribution in [-0.4, -0.2) is 46.1 Å². The van der Waals surface area contributed by atoms with Gasteiger partial charge in [-0.25, -0.2) is 0 Å². The third kappa shape index (κ3) is 2.27. The summed E-state index contributed by atoms with van der Waals surface area (Å²) >= 11 is 0. The number of amides is 2. The lowest BCUT2D eigenvalue weighted by atomic mass is 10.2. The summed E-state index contributed by atoms with van der Waals surface area (Å²) in [6, 6.07) is -0.461. The Balaban J connectivity index is 2.17. The van der Waals surface area contributed by atoms with Gasteiger partial charge in [-0.3, -0.25) is 14.3 Å². The number of carbonyl (C=O) groups excluding carboxylic acids is 2. The maximum Gasteiger partial charge on any atom is 0.272 e. The van der Waals surface area contributed by atoms with Crippen LogP contribution in [-0.2, 0) is 18.3 Å². The number of nitrogen functional groups attached to an aromatic ring is 1.